The molecule has 1 aromatic rings. The van der Waals surface area contributed by atoms with Crippen LogP contribution in [-0.4, -0.2) is 18.0 Å². The van der Waals surface area contributed by atoms with E-state index in [9.17, 15) is 0 Å². The largest absolute Gasteiger partial charge is 0.353 e. The molecule has 17 heavy (non-hydrogen) atoms. The molecule has 1 aliphatic carbocycles. The fourth-order valence-corrected chi connectivity index (χ4v) is 2.20. The maximum atomic E-state index is 5.46. The number of fused-ring (bicyclic) bond motifs is 1. The Morgan fingerprint density at radius 1 is 1.29 bits per heavy atom. The van der Waals surface area contributed by atoms with Crippen molar-refractivity contribution in [3.63, 3.8) is 0 Å². The predicted molar refractivity (Wildman–Crippen MR) is 70.7 cm³/mol. The molecule has 92 valence electrons. The van der Waals surface area contributed by atoms with Crippen molar-refractivity contribution in [2.45, 2.75) is 38.8 Å². The molecular weight excluding hydrogens is 212 g/mol. The van der Waals surface area contributed by atoms with Gasteiger partial charge in [0.15, 0.2) is 0 Å². The average molecular weight is 232 g/mol. The fraction of sp³-hybridized carbons (Fsp3) is 0.462. The number of benzene rings is 1. The third-order valence-electron chi connectivity index (χ3n) is 2.90. The minimum absolute atomic E-state index is 0.296. The highest BCUT2D eigenvalue weighted by Gasteiger charge is 2.20. The summed E-state index contributed by atoms with van der Waals surface area (Å²) in [4.78, 5) is 4.62. The molecule has 4 heteroatoms. The van der Waals surface area contributed by atoms with Gasteiger partial charge in [0, 0.05) is 6.04 Å². The van der Waals surface area contributed by atoms with Gasteiger partial charge in [0.25, 0.3) is 0 Å². The van der Waals surface area contributed by atoms with Crippen LogP contribution in [0.15, 0.2) is 29.3 Å². The summed E-state index contributed by atoms with van der Waals surface area (Å²) in [5, 5.41) is 3.20. The van der Waals surface area contributed by atoms with Gasteiger partial charge in [0.1, 0.15) is 0 Å². The first-order valence-corrected chi connectivity index (χ1v) is 6.06. The Bertz CT molecular complexity index is 387. The first-order valence-electron chi connectivity index (χ1n) is 6.06. The molecule has 0 atom stereocenters. The lowest BCUT2D eigenvalue weighted by atomic mass is 10.1. The minimum Gasteiger partial charge on any atom is -0.353 e. The minimum atomic E-state index is 0.296. The van der Waals surface area contributed by atoms with Crippen molar-refractivity contribution in [2.24, 2.45) is 10.8 Å². The molecule has 1 aromatic carbocycles. The van der Waals surface area contributed by atoms with E-state index >= 15 is 0 Å². The Kier molecular flexibility index (Phi) is 3.64. The summed E-state index contributed by atoms with van der Waals surface area (Å²) in [6.45, 7) is 4.13. The molecular formula is C13H20N4. The Labute approximate surface area is 102 Å². The molecule has 1 aliphatic rings. The molecule has 0 bridgehead atoms. The van der Waals surface area contributed by atoms with E-state index in [1.807, 2.05) is 0 Å². The SMILES string of the molecule is CC(C)NC(=NC1Cc2ccccc2C1)NN. The summed E-state index contributed by atoms with van der Waals surface area (Å²) in [5.74, 6) is 6.14. The molecule has 0 aromatic heterocycles. The highest BCUT2D eigenvalue weighted by molar-refractivity contribution is 5.79. The van der Waals surface area contributed by atoms with E-state index in [1.165, 1.54) is 11.1 Å². The summed E-state index contributed by atoms with van der Waals surface area (Å²) >= 11 is 0. The summed E-state index contributed by atoms with van der Waals surface area (Å²) in [6, 6.07) is 9.14. The van der Waals surface area contributed by atoms with Crippen molar-refractivity contribution in [3.05, 3.63) is 35.4 Å². The van der Waals surface area contributed by atoms with Crippen LogP contribution in [0.5, 0.6) is 0 Å². The van der Waals surface area contributed by atoms with Gasteiger partial charge in [-0.1, -0.05) is 24.3 Å². The van der Waals surface area contributed by atoms with Crippen LogP contribution in [0.3, 0.4) is 0 Å². The third-order valence-corrected chi connectivity index (χ3v) is 2.90. The van der Waals surface area contributed by atoms with Crippen molar-refractivity contribution < 1.29 is 0 Å². The smallest absolute Gasteiger partial charge is 0.206 e. The maximum Gasteiger partial charge on any atom is 0.206 e. The lowest BCUT2D eigenvalue weighted by Gasteiger charge is -2.14. The monoisotopic (exact) mass is 232 g/mol. The number of nitrogens with zero attached hydrogens (tertiary/aromatic N) is 1. The first-order chi connectivity index (χ1) is 8.19. The second-order valence-electron chi connectivity index (χ2n) is 4.75. The number of aliphatic imine (C=N–C) groups is 1. The molecule has 2 rings (SSSR count). The van der Waals surface area contributed by atoms with Gasteiger partial charge in [-0.3, -0.25) is 5.43 Å². The van der Waals surface area contributed by atoms with Gasteiger partial charge in [-0.2, -0.15) is 0 Å². The molecule has 4 N–H and O–H groups in total. The zero-order chi connectivity index (χ0) is 12.3. The number of guanidine groups is 1. The van der Waals surface area contributed by atoms with Gasteiger partial charge < -0.3 is 5.32 Å². The van der Waals surface area contributed by atoms with E-state index in [0.29, 0.717) is 18.0 Å². The van der Waals surface area contributed by atoms with Crippen LogP contribution in [0.1, 0.15) is 25.0 Å². The Morgan fingerprint density at radius 2 is 1.88 bits per heavy atom. The number of hydrogen-bond acceptors (Lipinski definition) is 2. The van der Waals surface area contributed by atoms with Crippen LogP contribution in [0, 0.1) is 0 Å². The van der Waals surface area contributed by atoms with Gasteiger partial charge in [-0.15, -0.1) is 0 Å². The molecule has 0 unspecified atom stereocenters. The van der Waals surface area contributed by atoms with E-state index in [-0.39, 0.29) is 0 Å². The average Bonchev–Trinajstić information content (AvgIpc) is 2.69. The lowest BCUT2D eigenvalue weighted by Crippen LogP contribution is -2.45. The summed E-state index contributed by atoms with van der Waals surface area (Å²) in [5.41, 5.74) is 5.44. The topological polar surface area (TPSA) is 62.4 Å². The van der Waals surface area contributed by atoms with Crippen molar-refractivity contribution in [3.8, 4) is 0 Å². The highest BCUT2D eigenvalue weighted by atomic mass is 15.3. The number of rotatable bonds is 2. The van der Waals surface area contributed by atoms with E-state index in [4.69, 9.17) is 5.84 Å². The molecule has 0 amide bonds. The molecule has 0 aliphatic heterocycles. The fourth-order valence-electron chi connectivity index (χ4n) is 2.20. The number of hydrazine groups is 1. The summed E-state index contributed by atoms with van der Waals surface area (Å²) in [6.07, 6.45) is 2.00. The van der Waals surface area contributed by atoms with E-state index < -0.39 is 0 Å². The van der Waals surface area contributed by atoms with Crippen LogP contribution in [0.2, 0.25) is 0 Å². The lowest BCUT2D eigenvalue weighted by molar-refractivity contribution is 0.667. The van der Waals surface area contributed by atoms with Gasteiger partial charge in [-0.25, -0.2) is 10.8 Å². The predicted octanol–water partition coefficient (Wildman–Crippen LogP) is 0.971. The molecule has 4 nitrogen and oxygen atoms in total. The second kappa shape index (κ2) is 5.19. The molecule has 0 spiro atoms. The van der Waals surface area contributed by atoms with Gasteiger partial charge >= 0.3 is 0 Å². The summed E-state index contributed by atoms with van der Waals surface area (Å²) in [7, 11) is 0. The standard InChI is InChI=1S/C13H20N4/c1-9(2)15-13(17-14)16-12-7-10-5-3-4-6-11(10)8-12/h3-6,9,12H,7-8,14H2,1-2H3,(H2,15,16,17). The van der Waals surface area contributed by atoms with Crippen LogP contribution in [0.25, 0.3) is 0 Å². The second-order valence-corrected chi connectivity index (χ2v) is 4.75. The van der Waals surface area contributed by atoms with Crippen LogP contribution >= 0.6 is 0 Å². The Balaban J connectivity index is 2.04. The van der Waals surface area contributed by atoms with Crippen LogP contribution in [0.4, 0.5) is 0 Å². The maximum absolute atomic E-state index is 5.46. The highest BCUT2D eigenvalue weighted by Crippen LogP contribution is 2.23. The van der Waals surface area contributed by atoms with Gasteiger partial charge in [0.2, 0.25) is 5.96 Å². The molecule has 0 saturated carbocycles. The van der Waals surface area contributed by atoms with Crippen LogP contribution in [-0.2, 0) is 12.8 Å². The summed E-state index contributed by atoms with van der Waals surface area (Å²) < 4.78 is 0. The van der Waals surface area contributed by atoms with E-state index in [0.717, 1.165) is 12.8 Å². The first kappa shape index (κ1) is 11.9. The number of hydrogen-bond donors (Lipinski definition) is 3. The van der Waals surface area contributed by atoms with Crippen LogP contribution < -0.4 is 16.6 Å². The van der Waals surface area contributed by atoms with Crippen molar-refractivity contribution in [1.29, 1.82) is 0 Å². The number of nitrogens with two attached hydrogens (primary N) is 1. The van der Waals surface area contributed by atoms with Crippen molar-refractivity contribution in [2.75, 3.05) is 0 Å². The number of nitrogens with one attached hydrogen (secondary N) is 2. The Morgan fingerprint density at radius 3 is 2.35 bits per heavy atom. The normalized spacial score (nSPS) is 16.1. The van der Waals surface area contributed by atoms with Crippen molar-refractivity contribution in [1.82, 2.24) is 10.7 Å². The molecule has 0 radical (unpaired) electrons. The molecule has 0 fully saturated rings. The quantitative estimate of drug-likeness (QED) is 0.308. The van der Waals surface area contributed by atoms with E-state index in [1.54, 1.807) is 0 Å². The molecule has 0 saturated heterocycles. The third kappa shape index (κ3) is 2.97. The molecule has 0 heterocycles. The zero-order valence-electron chi connectivity index (χ0n) is 10.4. The van der Waals surface area contributed by atoms with E-state index in [2.05, 4.69) is 53.8 Å². The zero-order valence-corrected chi connectivity index (χ0v) is 10.4. The Hall–Kier alpha value is -1.55. The van der Waals surface area contributed by atoms with Gasteiger partial charge in [0.05, 0.1) is 6.04 Å². The van der Waals surface area contributed by atoms with Gasteiger partial charge in [-0.05, 0) is 37.8 Å². The van der Waals surface area contributed by atoms with Crippen molar-refractivity contribution >= 4 is 5.96 Å².